The minimum absolute atomic E-state index is 0.489. The molecule has 2 N–H and O–H groups in total. The molecule has 20 heavy (non-hydrogen) atoms. The predicted molar refractivity (Wildman–Crippen MR) is 82.5 cm³/mol. The van der Waals surface area contributed by atoms with E-state index in [-0.39, 0.29) is 0 Å². The van der Waals surface area contributed by atoms with Crippen molar-refractivity contribution in [2.24, 2.45) is 5.73 Å². The third-order valence-electron chi connectivity index (χ3n) is 3.59. The number of rotatable bonds is 4. The third-order valence-corrected chi connectivity index (χ3v) is 4.90. The van der Waals surface area contributed by atoms with Crippen LogP contribution in [0, 0.1) is 0 Å². The largest absolute Gasteiger partial charge is 0.490 e. The van der Waals surface area contributed by atoms with E-state index in [1.54, 1.807) is 0 Å². The van der Waals surface area contributed by atoms with Gasteiger partial charge in [0.05, 0.1) is 6.61 Å². The summed E-state index contributed by atoms with van der Waals surface area (Å²) in [5.74, 6) is 1.38. The molecule has 2 aliphatic rings. The smallest absolute Gasteiger partial charge is 0.166 e. The summed E-state index contributed by atoms with van der Waals surface area (Å²) in [6.45, 7) is 2.44. The average Bonchev–Trinajstić information content (AvgIpc) is 3.27. The van der Waals surface area contributed by atoms with E-state index in [0.29, 0.717) is 17.4 Å². The Morgan fingerprint density at radius 2 is 2.05 bits per heavy atom. The van der Waals surface area contributed by atoms with Crippen LogP contribution in [0.3, 0.4) is 0 Å². The Bertz CT molecular complexity index is 648. The van der Waals surface area contributed by atoms with E-state index in [9.17, 15) is 4.79 Å². The topological polar surface area (TPSA) is 52.3 Å². The van der Waals surface area contributed by atoms with Crippen molar-refractivity contribution in [3.63, 3.8) is 0 Å². The molecule has 0 saturated heterocycles. The van der Waals surface area contributed by atoms with Gasteiger partial charge in [-0.3, -0.25) is 0 Å². The third kappa shape index (κ3) is 2.33. The zero-order valence-electron chi connectivity index (χ0n) is 11.4. The van der Waals surface area contributed by atoms with Gasteiger partial charge in [0.25, 0.3) is 0 Å². The first-order chi connectivity index (χ1) is 9.74. The number of allylic oxidation sites excluding steroid dienone is 1. The number of ether oxygens (including phenoxy) is 1. The highest BCUT2D eigenvalue weighted by Crippen LogP contribution is 2.43. The summed E-state index contributed by atoms with van der Waals surface area (Å²) in [5, 5.41) is 4.33. The standard InChI is InChI=1S/C16H17NO2S/c1-2-19-15-14(9-20(10-18)16(15)17)13-7-5-12(6-8-13)11-3-4-11/h5-9,11H,2-4,17H2,1H3. The molecule has 1 atom stereocenters. The zero-order valence-corrected chi connectivity index (χ0v) is 12.2. The minimum Gasteiger partial charge on any atom is -0.490 e. The van der Waals surface area contributed by atoms with Crippen molar-refractivity contribution in [1.82, 2.24) is 0 Å². The van der Waals surface area contributed by atoms with Crippen LogP contribution in [-0.2, 0) is 9.53 Å². The van der Waals surface area contributed by atoms with Crippen LogP contribution in [0.2, 0.25) is 0 Å². The van der Waals surface area contributed by atoms with Crippen molar-refractivity contribution < 1.29 is 9.53 Å². The fraction of sp³-hybridized carbons (Fsp3) is 0.312. The molecule has 1 unspecified atom stereocenters. The Morgan fingerprint density at radius 1 is 1.35 bits per heavy atom. The van der Waals surface area contributed by atoms with Gasteiger partial charge in [-0.25, -0.2) is 4.79 Å². The second-order valence-electron chi connectivity index (χ2n) is 4.98. The van der Waals surface area contributed by atoms with Crippen molar-refractivity contribution in [2.75, 3.05) is 6.61 Å². The van der Waals surface area contributed by atoms with Gasteiger partial charge >= 0.3 is 0 Å². The van der Waals surface area contributed by atoms with E-state index < -0.39 is 10.5 Å². The number of hydrogen-bond donors (Lipinski definition) is 1. The molecule has 0 bridgehead atoms. The normalized spacial score (nSPS) is 21.6. The summed E-state index contributed by atoms with van der Waals surface area (Å²) in [6, 6.07) is 8.50. The summed E-state index contributed by atoms with van der Waals surface area (Å²) in [7, 11) is -0.778. The zero-order chi connectivity index (χ0) is 14.1. The van der Waals surface area contributed by atoms with Gasteiger partial charge in [0.1, 0.15) is 5.03 Å². The van der Waals surface area contributed by atoms with Gasteiger partial charge in [0.15, 0.2) is 11.0 Å². The van der Waals surface area contributed by atoms with Gasteiger partial charge in [-0.15, -0.1) is 0 Å². The Morgan fingerprint density at radius 3 is 2.60 bits per heavy atom. The summed E-state index contributed by atoms with van der Waals surface area (Å²) in [4.78, 5) is 11.0. The minimum atomic E-state index is -0.778. The lowest BCUT2D eigenvalue weighted by molar-refractivity contribution is 0.245. The van der Waals surface area contributed by atoms with Gasteiger partial charge in [0.2, 0.25) is 0 Å². The van der Waals surface area contributed by atoms with Crippen molar-refractivity contribution in [1.29, 1.82) is 0 Å². The molecule has 0 radical (unpaired) electrons. The van der Waals surface area contributed by atoms with Crippen LogP contribution in [0.1, 0.15) is 36.8 Å². The van der Waals surface area contributed by atoms with E-state index in [1.807, 2.05) is 17.6 Å². The maximum atomic E-state index is 11.0. The van der Waals surface area contributed by atoms with Crippen LogP contribution in [0.4, 0.5) is 0 Å². The molecule has 3 nitrogen and oxygen atoms in total. The van der Waals surface area contributed by atoms with Gasteiger partial charge in [-0.2, -0.15) is 0 Å². The van der Waals surface area contributed by atoms with Crippen LogP contribution in [0.5, 0.6) is 0 Å². The van der Waals surface area contributed by atoms with E-state index in [0.717, 1.165) is 17.1 Å². The monoisotopic (exact) mass is 287 g/mol. The maximum absolute atomic E-state index is 11.0. The fourth-order valence-corrected chi connectivity index (χ4v) is 3.49. The molecule has 104 valence electrons. The molecule has 0 aromatic heterocycles. The van der Waals surface area contributed by atoms with Crippen molar-refractivity contribution in [3.8, 4) is 0 Å². The van der Waals surface area contributed by atoms with Crippen LogP contribution >= 0.6 is 10.5 Å². The molecule has 3 rings (SSSR count). The molecule has 0 amide bonds. The van der Waals surface area contributed by atoms with Crippen molar-refractivity contribution in [3.05, 3.63) is 51.6 Å². The summed E-state index contributed by atoms with van der Waals surface area (Å²) in [6.07, 6.45) is 2.59. The fourth-order valence-electron chi connectivity index (χ4n) is 2.38. The summed E-state index contributed by atoms with van der Waals surface area (Å²) < 4.78 is 5.62. The molecule has 1 aromatic rings. The highest BCUT2D eigenvalue weighted by Gasteiger charge is 2.25. The second-order valence-corrected chi connectivity index (χ2v) is 6.49. The molecule has 1 aliphatic carbocycles. The highest BCUT2D eigenvalue weighted by molar-refractivity contribution is 8.20. The first-order valence-electron chi connectivity index (χ1n) is 6.80. The molecule has 1 aromatic carbocycles. The van der Waals surface area contributed by atoms with Gasteiger partial charge in [-0.05, 0) is 52.7 Å². The second kappa shape index (κ2) is 5.31. The van der Waals surface area contributed by atoms with Crippen LogP contribution < -0.4 is 5.73 Å². The number of carbonyl (C=O) groups excluding carboxylic acids is 1. The van der Waals surface area contributed by atoms with Crippen molar-refractivity contribution in [2.45, 2.75) is 25.7 Å². The number of nitrogens with two attached hydrogens (primary N) is 1. The molecular weight excluding hydrogens is 270 g/mol. The Kier molecular flexibility index (Phi) is 3.51. The molecule has 1 heterocycles. The lowest BCUT2D eigenvalue weighted by Crippen LogP contribution is -2.01. The first kappa shape index (κ1) is 13.2. The lowest BCUT2D eigenvalue weighted by atomic mass is 10.0. The van der Waals surface area contributed by atoms with Crippen LogP contribution in [0.25, 0.3) is 5.57 Å². The van der Waals surface area contributed by atoms with E-state index in [2.05, 4.69) is 24.3 Å². The Hall–Kier alpha value is -1.77. The SMILES string of the molecule is CCOC1=C(N)S(=C=O)C=C1c1ccc(C2CC2)cc1. The maximum Gasteiger partial charge on any atom is 0.166 e. The first-order valence-corrected chi connectivity index (χ1v) is 8.09. The number of benzene rings is 1. The molecule has 4 heteroatoms. The molecular formula is C16H17NO2S. The van der Waals surface area contributed by atoms with Gasteiger partial charge < -0.3 is 10.5 Å². The van der Waals surface area contributed by atoms with E-state index in [4.69, 9.17) is 10.5 Å². The number of hydrogen-bond acceptors (Lipinski definition) is 3. The summed E-state index contributed by atoms with van der Waals surface area (Å²) in [5.41, 5.74) is 9.34. The predicted octanol–water partition coefficient (Wildman–Crippen LogP) is 3.42. The summed E-state index contributed by atoms with van der Waals surface area (Å²) >= 11 is 0. The van der Waals surface area contributed by atoms with Gasteiger partial charge in [-0.1, -0.05) is 24.3 Å². The van der Waals surface area contributed by atoms with Crippen LogP contribution in [-0.4, -0.2) is 11.8 Å². The van der Waals surface area contributed by atoms with E-state index >= 15 is 0 Å². The quantitative estimate of drug-likeness (QED) is 0.863. The van der Waals surface area contributed by atoms with Crippen molar-refractivity contribution >= 4 is 21.3 Å². The Balaban J connectivity index is 1.97. The van der Waals surface area contributed by atoms with Crippen LogP contribution in [0.15, 0.2) is 40.5 Å². The van der Waals surface area contributed by atoms with Gasteiger partial charge in [0, 0.05) is 5.57 Å². The lowest BCUT2D eigenvalue weighted by Gasteiger charge is -2.10. The Labute approximate surface area is 121 Å². The highest BCUT2D eigenvalue weighted by atomic mass is 32.2. The molecule has 1 aliphatic heterocycles. The average molecular weight is 287 g/mol. The molecule has 1 fully saturated rings. The molecule has 1 saturated carbocycles. The van der Waals surface area contributed by atoms with E-state index in [1.165, 1.54) is 18.4 Å². The molecule has 0 spiro atoms.